The molecule has 2 aromatic carbocycles. The minimum Gasteiger partial charge on any atom is -0.469 e. The second-order valence-electron chi connectivity index (χ2n) is 9.92. The van der Waals surface area contributed by atoms with Gasteiger partial charge in [0.15, 0.2) is 0 Å². The number of H-pyrrole nitrogens is 1. The molecule has 1 aliphatic rings. The van der Waals surface area contributed by atoms with Gasteiger partial charge in [0.2, 0.25) is 5.91 Å². The van der Waals surface area contributed by atoms with Gasteiger partial charge in [0.1, 0.15) is 0 Å². The number of likely N-dealkylation sites (tertiary alicyclic amines) is 1. The molecule has 192 valence electrons. The zero-order valence-electron chi connectivity index (χ0n) is 21.3. The van der Waals surface area contributed by atoms with Crippen molar-refractivity contribution in [3.63, 3.8) is 0 Å². The number of esters is 1. The summed E-state index contributed by atoms with van der Waals surface area (Å²) in [5, 5.41) is 12.4. The van der Waals surface area contributed by atoms with Crippen LogP contribution < -0.4 is 5.32 Å². The van der Waals surface area contributed by atoms with Gasteiger partial charge in [-0.2, -0.15) is 5.26 Å². The number of ether oxygens (including phenoxy) is 1. The average Bonchev–Trinajstić information content (AvgIpc) is 3.48. The summed E-state index contributed by atoms with van der Waals surface area (Å²) in [7, 11) is 1.40. The Hall–Kier alpha value is -3.96. The maximum absolute atomic E-state index is 13.7. The lowest BCUT2D eigenvalue weighted by Crippen LogP contribution is -2.53. The second-order valence-corrected chi connectivity index (χ2v) is 9.92. The Balaban J connectivity index is 1.51. The van der Waals surface area contributed by atoms with Crippen LogP contribution in [0.1, 0.15) is 35.7 Å². The third kappa shape index (κ3) is 6.63. The lowest BCUT2D eigenvalue weighted by molar-refractivity contribution is -0.149. The lowest BCUT2D eigenvalue weighted by Gasteiger charge is -2.38. The van der Waals surface area contributed by atoms with Crippen LogP contribution in [-0.4, -0.2) is 53.5 Å². The zero-order valence-corrected chi connectivity index (χ0v) is 21.3. The molecule has 0 bridgehead atoms. The summed E-state index contributed by atoms with van der Waals surface area (Å²) in [6.45, 7) is 3.86. The van der Waals surface area contributed by atoms with Crippen LogP contribution in [0.2, 0.25) is 0 Å². The number of amides is 1. The highest BCUT2D eigenvalue weighted by atomic mass is 16.5. The second kappa shape index (κ2) is 11.8. The molecule has 1 aliphatic heterocycles. The van der Waals surface area contributed by atoms with Crippen LogP contribution in [0.25, 0.3) is 0 Å². The van der Waals surface area contributed by atoms with Crippen LogP contribution in [-0.2, 0) is 32.7 Å². The van der Waals surface area contributed by atoms with E-state index in [0.717, 1.165) is 24.2 Å². The van der Waals surface area contributed by atoms with Crippen molar-refractivity contribution in [2.24, 2.45) is 11.8 Å². The standard InChI is InChI=1S/C29H33N5O3/c1-29(26-17-31-20-32-26,15-22-8-10-23(16-30)11-9-22)33-27(35)24-14-25(28(36)37-2)19-34(18-24)13-12-21-6-4-3-5-7-21/h3-11,17,20,24-25H,12-15,18-19H2,1-2H3,(H,31,32)(H,33,35). The van der Waals surface area contributed by atoms with Crippen molar-refractivity contribution >= 4 is 11.9 Å². The Bertz CT molecular complexity index is 1220. The molecular formula is C29H33N5O3. The Kier molecular flexibility index (Phi) is 8.36. The maximum Gasteiger partial charge on any atom is 0.309 e. The van der Waals surface area contributed by atoms with E-state index >= 15 is 0 Å². The van der Waals surface area contributed by atoms with E-state index in [1.807, 2.05) is 37.3 Å². The molecule has 1 amide bonds. The number of imidazole rings is 1. The van der Waals surface area contributed by atoms with Crippen molar-refractivity contribution in [1.82, 2.24) is 20.2 Å². The van der Waals surface area contributed by atoms with E-state index < -0.39 is 5.54 Å². The number of nitrogens with zero attached hydrogens (tertiary/aromatic N) is 3. The topological polar surface area (TPSA) is 111 Å². The first-order valence-corrected chi connectivity index (χ1v) is 12.5. The lowest BCUT2D eigenvalue weighted by atomic mass is 9.85. The predicted octanol–water partition coefficient (Wildman–Crippen LogP) is 3.21. The monoisotopic (exact) mass is 499 g/mol. The summed E-state index contributed by atoms with van der Waals surface area (Å²) in [5.74, 6) is -1.11. The number of methoxy groups -OCH3 is 1. The molecule has 1 fully saturated rings. The highest BCUT2D eigenvalue weighted by molar-refractivity contribution is 5.81. The summed E-state index contributed by atoms with van der Waals surface area (Å²) in [5.41, 5.74) is 2.82. The number of hydrogen-bond acceptors (Lipinski definition) is 6. The molecule has 0 spiro atoms. The van der Waals surface area contributed by atoms with Crippen LogP contribution in [0.4, 0.5) is 0 Å². The van der Waals surface area contributed by atoms with Crippen molar-refractivity contribution in [3.8, 4) is 6.07 Å². The van der Waals surface area contributed by atoms with E-state index in [2.05, 4.69) is 38.4 Å². The number of benzene rings is 2. The number of nitrogens with one attached hydrogen (secondary N) is 2. The molecule has 1 saturated heterocycles. The van der Waals surface area contributed by atoms with E-state index in [1.54, 1.807) is 24.7 Å². The number of hydrogen-bond donors (Lipinski definition) is 2. The molecule has 2 N–H and O–H groups in total. The summed E-state index contributed by atoms with van der Waals surface area (Å²) < 4.78 is 5.05. The van der Waals surface area contributed by atoms with Crippen molar-refractivity contribution in [2.45, 2.75) is 31.7 Å². The fraction of sp³-hybridized carbons (Fsp3) is 0.379. The van der Waals surface area contributed by atoms with Crippen LogP contribution in [0.5, 0.6) is 0 Å². The number of rotatable bonds is 9. The smallest absolute Gasteiger partial charge is 0.309 e. The predicted molar refractivity (Wildman–Crippen MR) is 139 cm³/mol. The summed E-state index contributed by atoms with van der Waals surface area (Å²) in [4.78, 5) is 35.7. The van der Waals surface area contributed by atoms with Gasteiger partial charge in [-0.15, -0.1) is 0 Å². The van der Waals surface area contributed by atoms with E-state index in [9.17, 15) is 9.59 Å². The van der Waals surface area contributed by atoms with Crippen molar-refractivity contribution in [3.05, 3.63) is 89.5 Å². The van der Waals surface area contributed by atoms with Gasteiger partial charge in [-0.1, -0.05) is 42.5 Å². The van der Waals surface area contributed by atoms with Gasteiger partial charge in [0, 0.05) is 26.1 Å². The summed E-state index contributed by atoms with van der Waals surface area (Å²) >= 11 is 0. The number of aromatic nitrogens is 2. The summed E-state index contributed by atoms with van der Waals surface area (Å²) in [6.07, 6.45) is 5.10. The highest BCUT2D eigenvalue weighted by Gasteiger charge is 2.39. The number of carbonyl (C=O) groups is 2. The quantitative estimate of drug-likeness (QED) is 0.438. The molecule has 8 heteroatoms. The van der Waals surface area contributed by atoms with Gasteiger partial charge in [0.25, 0.3) is 0 Å². The molecule has 2 heterocycles. The van der Waals surface area contributed by atoms with Gasteiger partial charge in [-0.3, -0.25) is 9.59 Å². The number of nitriles is 1. The molecule has 3 atom stereocenters. The average molecular weight is 500 g/mol. The van der Waals surface area contributed by atoms with Crippen molar-refractivity contribution in [2.75, 3.05) is 26.7 Å². The SMILES string of the molecule is COC(=O)C1CC(C(=O)NC(C)(Cc2ccc(C#N)cc2)c2cnc[nH]2)CN(CCc2ccccc2)C1. The molecule has 4 rings (SSSR count). The zero-order chi connectivity index (χ0) is 26.3. The van der Waals surface area contributed by atoms with Gasteiger partial charge < -0.3 is 19.9 Å². The van der Waals surface area contributed by atoms with E-state index in [-0.39, 0.29) is 23.7 Å². The normalized spacial score (nSPS) is 19.4. The molecule has 37 heavy (non-hydrogen) atoms. The van der Waals surface area contributed by atoms with Crippen LogP contribution in [0, 0.1) is 23.2 Å². The minimum atomic E-state index is -0.755. The number of aromatic amines is 1. The van der Waals surface area contributed by atoms with E-state index in [0.29, 0.717) is 31.5 Å². The van der Waals surface area contributed by atoms with E-state index in [4.69, 9.17) is 10.00 Å². The van der Waals surface area contributed by atoms with Gasteiger partial charge >= 0.3 is 5.97 Å². The minimum absolute atomic E-state index is 0.107. The van der Waals surface area contributed by atoms with Crippen LogP contribution in [0.15, 0.2) is 67.1 Å². The van der Waals surface area contributed by atoms with E-state index in [1.165, 1.54) is 12.7 Å². The Morgan fingerprint density at radius 1 is 1.14 bits per heavy atom. The first-order chi connectivity index (χ1) is 17.9. The maximum atomic E-state index is 13.7. The summed E-state index contributed by atoms with van der Waals surface area (Å²) in [6, 6.07) is 19.7. The van der Waals surface area contributed by atoms with Crippen molar-refractivity contribution in [1.29, 1.82) is 5.26 Å². The molecule has 1 aromatic heterocycles. The third-order valence-electron chi connectivity index (χ3n) is 7.12. The molecule has 8 nitrogen and oxygen atoms in total. The first kappa shape index (κ1) is 26.1. The number of carbonyl (C=O) groups excluding carboxylic acids is 2. The first-order valence-electron chi connectivity index (χ1n) is 12.5. The van der Waals surface area contributed by atoms with Crippen LogP contribution in [0.3, 0.4) is 0 Å². The third-order valence-corrected chi connectivity index (χ3v) is 7.12. The van der Waals surface area contributed by atoms with Gasteiger partial charge in [0.05, 0.1) is 54.3 Å². The molecule has 3 unspecified atom stereocenters. The molecular weight excluding hydrogens is 466 g/mol. The van der Waals surface area contributed by atoms with Crippen molar-refractivity contribution < 1.29 is 14.3 Å². The number of piperidine rings is 1. The Labute approximate surface area is 217 Å². The van der Waals surface area contributed by atoms with Gasteiger partial charge in [-0.25, -0.2) is 4.98 Å². The fourth-order valence-electron chi connectivity index (χ4n) is 5.08. The van der Waals surface area contributed by atoms with Gasteiger partial charge in [-0.05, 0) is 43.0 Å². The fourth-order valence-corrected chi connectivity index (χ4v) is 5.08. The molecule has 3 aromatic rings. The highest BCUT2D eigenvalue weighted by Crippen LogP contribution is 2.28. The largest absolute Gasteiger partial charge is 0.469 e. The molecule has 0 aliphatic carbocycles. The Morgan fingerprint density at radius 3 is 2.51 bits per heavy atom. The Morgan fingerprint density at radius 2 is 1.86 bits per heavy atom. The van der Waals surface area contributed by atoms with Crippen LogP contribution >= 0.6 is 0 Å². The molecule has 0 saturated carbocycles. The molecule has 0 radical (unpaired) electrons.